The molecule has 0 aromatic heterocycles. The lowest BCUT2D eigenvalue weighted by atomic mass is 10.0. The van der Waals surface area contributed by atoms with E-state index in [1.807, 2.05) is 24.3 Å². The van der Waals surface area contributed by atoms with Crippen molar-refractivity contribution in [1.29, 1.82) is 5.41 Å². The SMILES string of the molecule is COC(=O)C(C)OC(=O)NC(=N)c1ccc([O-])c(S(=O)(=O)N(C)CCc2ccc(C(C)C)cc2)c1.C[NH3+]. The molecule has 5 N–H and O–H groups in total. The van der Waals surface area contributed by atoms with Crippen LogP contribution in [0.3, 0.4) is 0 Å². The first kappa shape index (κ1) is 31.5. The smallest absolute Gasteiger partial charge is 0.413 e. The molecular formula is C25H36N4O7S. The summed E-state index contributed by atoms with van der Waals surface area (Å²) in [7, 11) is 0.0966. The van der Waals surface area contributed by atoms with Crippen molar-refractivity contribution in [1.82, 2.24) is 9.62 Å². The van der Waals surface area contributed by atoms with E-state index >= 15 is 0 Å². The normalized spacial score (nSPS) is 11.8. The van der Waals surface area contributed by atoms with Gasteiger partial charge in [-0.1, -0.05) is 56.0 Å². The van der Waals surface area contributed by atoms with Crippen LogP contribution < -0.4 is 16.2 Å². The zero-order valence-electron chi connectivity index (χ0n) is 22.0. The predicted octanol–water partition coefficient (Wildman–Crippen LogP) is 1.22. The molecule has 1 atom stereocenters. The molecule has 0 saturated carbocycles. The van der Waals surface area contributed by atoms with Crippen LogP contribution in [0.4, 0.5) is 4.79 Å². The maximum Gasteiger partial charge on any atom is 0.413 e. The van der Waals surface area contributed by atoms with E-state index in [9.17, 15) is 23.1 Å². The lowest BCUT2D eigenvalue weighted by Gasteiger charge is -2.22. The molecular weight excluding hydrogens is 500 g/mol. The highest BCUT2D eigenvalue weighted by Gasteiger charge is 2.23. The number of alkyl carbamates (subject to hydrolysis) is 1. The Balaban J connectivity index is 0.00000334. The molecule has 0 radical (unpaired) electrons. The van der Waals surface area contributed by atoms with Gasteiger partial charge in [-0.15, -0.1) is 0 Å². The van der Waals surface area contributed by atoms with Crippen LogP contribution in [-0.2, 0) is 30.7 Å². The summed E-state index contributed by atoms with van der Waals surface area (Å²) in [5.74, 6) is -1.64. The molecule has 11 nitrogen and oxygen atoms in total. The molecule has 0 bridgehead atoms. The van der Waals surface area contributed by atoms with Gasteiger partial charge in [-0.2, -0.15) is 0 Å². The van der Waals surface area contributed by atoms with Gasteiger partial charge >= 0.3 is 12.1 Å². The molecule has 12 heteroatoms. The fourth-order valence-corrected chi connectivity index (χ4v) is 4.35. The lowest BCUT2D eigenvalue weighted by molar-refractivity contribution is -0.325. The van der Waals surface area contributed by atoms with E-state index < -0.39 is 44.7 Å². The third kappa shape index (κ3) is 8.85. The average molecular weight is 537 g/mol. The summed E-state index contributed by atoms with van der Waals surface area (Å²) in [5, 5.41) is 22.5. The number of amidine groups is 1. The molecule has 37 heavy (non-hydrogen) atoms. The molecule has 0 aliphatic heterocycles. The van der Waals surface area contributed by atoms with E-state index in [0.29, 0.717) is 12.3 Å². The second-order valence-corrected chi connectivity index (χ2v) is 10.2. The standard InChI is InChI=1S/C24H31N3O7S.CH5N/c1-15(2)18-8-6-17(7-9-18)12-13-27(4)35(31,32)21-14-19(10-11-20(21)28)22(25)26-24(30)34-16(3)23(29)33-5;1-2/h6-11,14-16,28H,12-13H2,1-5H3,(H2,25,26,30);2H2,1H3. The van der Waals surface area contributed by atoms with Crippen molar-refractivity contribution in [3.63, 3.8) is 0 Å². The second-order valence-electron chi connectivity index (χ2n) is 8.21. The summed E-state index contributed by atoms with van der Waals surface area (Å²) >= 11 is 0. The third-order valence-electron chi connectivity index (χ3n) is 5.33. The minimum absolute atomic E-state index is 0.0245. The Morgan fingerprint density at radius 2 is 1.70 bits per heavy atom. The summed E-state index contributed by atoms with van der Waals surface area (Å²) < 4.78 is 36.4. The largest absolute Gasteiger partial charge is 0.872 e. The van der Waals surface area contributed by atoms with E-state index in [1.54, 1.807) is 7.05 Å². The number of methoxy groups -OCH3 is 1. The molecule has 0 heterocycles. The number of ether oxygens (including phenoxy) is 2. The first-order valence-electron chi connectivity index (χ1n) is 11.6. The van der Waals surface area contributed by atoms with Gasteiger partial charge in [0.1, 0.15) is 5.84 Å². The highest BCUT2D eigenvalue weighted by Crippen LogP contribution is 2.25. The minimum Gasteiger partial charge on any atom is -0.872 e. The zero-order chi connectivity index (χ0) is 28.3. The van der Waals surface area contributed by atoms with Crippen molar-refractivity contribution in [3.8, 4) is 5.75 Å². The number of nitrogens with zero attached hydrogens (tertiary/aromatic N) is 1. The fraction of sp³-hybridized carbons (Fsp3) is 0.400. The summed E-state index contributed by atoms with van der Waals surface area (Å²) in [6.07, 6.45) is -1.86. The Morgan fingerprint density at radius 3 is 2.24 bits per heavy atom. The fourth-order valence-electron chi connectivity index (χ4n) is 3.09. The monoisotopic (exact) mass is 536 g/mol. The van der Waals surface area contributed by atoms with Crippen LogP contribution in [0.2, 0.25) is 0 Å². The van der Waals surface area contributed by atoms with E-state index in [1.165, 1.54) is 25.6 Å². The molecule has 0 fully saturated rings. The maximum absolute atomic E-state index is 13.1. The number of rotatable bonds is 9. The van der Waals surface area contributed by atoms with Crippen LogP contribution >= 0.6 is 0 Å². The quantitative estimate of drug-likeness (QED) is 0.245. The number of quaternary nitrogens is 1. The maximum atomic E-state index is 13.1. The van der Waals surface area contributed by atoms with E-state index in [4.69, 9.17) is 10.1 Å². The van der Waals surface area contributed by atoms with Crippen molar-refractivity contribution in [2.75, 3.05) is 27.7 Å². The number of amides is 1. The number of carbonyl (C=O) groups is 2. The van der Waals surface area contributed by atoms with Crippen LogP contribution in [0.15, 0.2) is 47.4 Å². The van der Waals surface area contributed by atoms with Crippen molar-refractivity contribution in [3.05, 3.63) is 59.2 Å². The van der Waals surface area contributed by atoms with E-state index in [2.05, 4.69) is 29.6 Å². The number of hydrogen-bond acceptors (Lipinski definition) is 8. The van der Waals surface area contributed by atoms with Crippen molar-refractivity contribution in [2.45, 2.75) is 44.1 Å². The number of hydrogen-bond donors (Lipinski definition) is 3. The Hall–Kier alpha value is -3.48. The van der Waals surface area contributed by atoms with Crippen LogP contribution in [0, 0.1) is 5.41 Å². The lowest BCUT2D eigenvalue weighted by Crippen LogP contribution is -2.40. The molecule has 204 valence electrons. The Morgan fingerprint density at radius 1 is 1.11 bits per heavy atom. The molecule has 1 amide bonds. The molecule has 2 aromatic rings. The molecule has 2 aromatic carbocycles. The number of sulfonamides is 1. The van der Waals surface area contributed by atoms with Gasteiger partial charge in [0, 0.05) is 19.2 Å². The predicted molar refractivity (Wildman–Crippen MR) is 137 cm³/mol. The first-order chi connectivity index (χ1) is 17.4. The van der Waals surface area contributed by atoms with Gasteiger partial charge in [-0.3, -0.25) is 10.7 Å². The van der Waals surface area contributed by atoms with Gasteiger partial charge in [0.05, 0.1) is 19.1 Å². The van der Waals surface area contributed by atoms with Crippen LogP contribution in [-0.4, -0.2) is 64.5 Å². The Labute approximate surface area is 218 Å². The average Bonchev–Trinajstić information content (AvgIpc) is 2.87. The Kier molecular flexibility index (Phi) is 12.2. The molecule has 2 rings (SSSR count). The summed E-state index contributed by atoms with van der Waals surface area (Å²) in [6, 6.07) is 11.2. The van der Waals surface area contributed by atoms with Crippen LogP contribution in [0.1, 0.15) is 43.4 Å². The summed E-state index contributed by atoms with van der Waals surface area (Å²) in [4.78, 5) is 22.8. The van der Waals surface area contributed by atoms with Crippen molar-refractivity contribution < 1.29 is 38.3 Å². The Bertz CT molecular complexity index is 1180. The third-order valence-corrected chi connectivity index (χ3v) is 7.20. The number of nitrogens with one attached hydrogen (secondary N) is 2. The number of likely N-dealkylation sites (N-methyl/N-ethyl adjacent to an activating group) is 1. The molecule has 0 spiro atoms. The van der Waals surface area contributed by atoms with Gasteiger partial charge in [0.2, 0.25) is 10.0 Å². The summed E-state index contributed by atoms with van der Waals surface area (Å²) in [6.45, 7) is 5.61. The highest BCUT2D eigenvalue weighted by molar-refractivity contribution is 7.89. The molecule has 0 saturated heterocycles. The second kappa shape index (κ2) is 14.3. The highest BCUT2D eigenvalue weighted by atomic mass is 32.2. The first-order valence-corrected chi connectivity index (χ1v) is 13.0. The number of benzene rings is 2. The van der Waals surface area contributed by atoms with Gasteiger partial charge in [0.15, 0.2) is 6.10 Å². The van der Waals surface area contributed by atoms with Crippen LogP contribution in [0.25, 0.3) is 0 Å². The topological polar surface area (TPSA) is 177 Å². The van der Waals surface area contributed by atoms with E-state index in [0.717, 1.165) is 29.1 Å². The van der Waals surface area contributed by atoms with Crippen molar-refractivity contribution >= 4 is 27.9 Å². The van der Waals surface area contributed by atoms with E-state index in [-0.39, 0.29) is 12.1 Å². The van der Waals surface area contributed by atoms with Crippen LogP contribution in [0.5, 0.6) is 5.75 Å². The van der Waals surface area contributed by atoms with Gasteiger partial charge < -0.3 is 20.3 Å². The molecule has 0 aliphatic carbocycles. The molecule has 1 unspecified atom stereocenters. The van der Waals surface area contributed by atoms with Gasteiger partial charge in [-0.25, -0.2) is 22.3 Å². The minimum atomic E-state index is -4.16. The zero-order valence-corrected chi connectivity index (χ0v) is 22.8. The number of esters is 1. The molecule has 0 aliphatic rings. The summed E-state index contributed by atoms with van der Waals surface area (Å²) in [5.41, 5.74) is 5.36. The van der Waals surface area contributed by atoms with Gasteiger partial charge in [0.25, 0.3) is 0 Å². The van der Waals surface area contributed by atoms with Gasteiger partial charge in [-0.05, 0) is 36.5 Å². The van der Waals surface area contributed by atoms with Crippen molar-refractivity contribution in [2.24, 2.45) is 0 Å². The number of carbonyl (C=O) groups excluding carboxylic acids is 2.